The molecule has 2 N–H and O–H groups in total. The zero-order valence-electron chi connectivity index (χ0n) is 10.0. The van der Waals surface area contributed by atoms with E-state index in [1.165, 1.54) is 0 Å². The third kappa shape index (κ3) is 3.15. The van der Waals surface area contributed by atoms with Gasteiger partial charge < -0.3 is 15.2 Å². The Morgan fingerprint density at radius 3 is 2.78 bits per heavy atom. The molecule has 0 saturated carbocycles. The molecule has 0 radical (unpaired) electrons. The number of nitrogens with two attached hydrogens (primary N) is 1. The molecule has 0 spiro atoms. The molecule has 2 aromatic rings. The van der Waals surface area contributed by atoms with Crippen LogP contribution in [0.25, 0.3) is 0 Å². The van der Waals surface area contributed by atoms with E-state index >= 15 is 0 Å². The second kappa shape index (κ2) is 5.76. The van der Waals surface area contributed by atoms with Crippen molar-refractivity contribution in [2.24, 2.45) is 0 Å². The van der Waals surface area contributed by atoms with E-state index in [0.717, 1.165) is 5.56 Å². The minimum absolute atomic E-state index is 0.544. The van der Waals surface area contributed by atoms with Crippen LogP contribution in [0.4, 0.5) is 5.69 Å². The Bertz CT molecular complexity index is 543. The molecule has 3 nitrogen and oxygen atoms in total. The van der Waals surface area contributed by atoms with Crippen molar-refractivity contribution in [3.63, 3.8) is 0 Å². The van der Waals surface area contributed by atoms with Gasteiger partial charge in [-0.25, -0.2) is 0 Å². The summed E-state index contributed by atoms with van der Waals surface area (Å²) < 4.78 is 10.8. The molecule has 0 saturated heterocycles. The topological polar surface area (TPSA) is 44.5 Å². The first-order valence-electron chi connectivity index (χ1n) is 5.50. The maximum atomic E-state index is 5.91. The zero-order valence-corrected chi connectivity index (χ0v) is 10.8. The number of ether oxygens (including phenoxy) is 2. The molecule has 94 valence electrons. The van der Waals surface area contributed by atoms with Crippen LogP contribution < -0.4 is 10.5 Å². The van der Waals surface area contributed by atoms with E-state index in [2.05, 4.69) is 0 Å². The maximum absolute atomic E-state index is 5.91. The van der Waals surface area contributed by atoms with Crippen LogP contribution in [0.2, 0.25) is 5.02 Å². The van der Waals surface area contributed by atoms with Crippen molar-refractivity contribution in [3.8, 4) is 11.5 Å². The average molecular weight is 264 g/mol. The second-order valence-electron chi connectivity index (χ2n) is 3.86. The molecular weight excluding hydrogens is 250 g/mol. The number of rotatable bonds is 4. The van der Waals surface area contributed by atoms with Gasteiger partial charge in [-0.05, 0) is 29.8 Å². The molecule has 0 aromatic heterocycles. The van der Waals surface area contributed by atoms with Gasteiger partial charge in [0.25, 0.3) is 0 Å². The Hall–Kier alpha value is -1.71. The summed E-state index contributed by atoms with van der Waals surface area (Å²) in [5.41, 5.74) is 7.42. The van der Waals surface area contributed by atoms with Crippen molar-refractivity contribution in [2.75, 3.05) is 12.8 Å². The quantitative estimate of drug-likeness (QED) is 0.852. The Balaban J connectivity index is 2.22. The number of nitrogen functional groups attached to an aromatic ring is 1. The Kier molecular flexibility index (Phi) is 4.07. The van der Waals surface area contributed by atoms with Gasteiger partial charge in [0.05, 0.1) is 12.3 Å². The van der Waals surface area contributed by atoms with Gasteiger partial charge >= 0.3 is 0 Å². The summed E-state index contributed by atoms with van der Waals surface area (Å²) in [5, 5.41) is 0.590. The largest absolute Gasteiger partial charge is 0.455 e. The predicted octanol–water partition coefficient (Wildman–Crippen LogP) is 3.86. The van der Waals surface area contributed by atoms with Gasteiger partial charge in [0.2, 0.25) is 0 Å². The number of benzene rings is 2. The van der Waals surface area contributed by atoms with Gasteiger partial charge in [-0.2, -0.15) is 0 Å². The fraction of sp³-hybridized carbons (Fsp3) is 0.143. The molecule has 0 heterocycles. The molecule has 0 amide bonds. The summed E-state index contributed by atoms with van der Waals surface area (Å²) in [6.07, 6.45) is 0. The standard InChI is InChI=1S/C14H14ClNO2/c1-17-9-10-3-2-4-12(7-10)18-14-8-11(15)5-6-13(14)16/h2-8H,9,16H2,1H3. The van der Waals surface area contributed by atoms with E-state index in [9.17, 15) is 0 Å². The highest BCUT2D eigenvalue weighted by atomic mass is 35.5. The van der Waals surface area contributed by atoms with E-state index in [0.29, 0.717) is 28.8 Å². The summed E-state index contributed by atoms with van der Waals surface area (Å²) in [7, 11) is 1.66. The lowest BCUT2D eigenvalue weighted by Crippen LogP contribution is -1.93. The Morgan fingerprint density at radius 2 is 2.00 bits per heavy atom. The third-order valence-electron chi connectivity index (χ3n) is 2.41. The molecule has 0 aliphatic heterocycles. The van der Waals surface area contributed by atoms with Crippen LogP contribution in [0, 0.1) is 0 Å². The van der Waals surface area contributed by atoms with Gasteiger partial charge in [-0.3, -0.25) is 0 Å². The van der Waals surface area contributed by atoms with E-state index in [1.54, 1.807) is 25.3 Å². The van der Waals surface area contributed by atoms with Crippen molar-refractivity contribution in [1.29, 1.82) is 0 Å². The first-order chi connectivity index (χ1) is 8.69. The molecule has 0 aliphatic carbocycles. The highest BCUT2D eigenvalue weighted by Gasteiger charge is 2.04. The normalized spacial score (nSPS) is 10.3. The van der Waals surface area contributed by atoms with E-state index in [-0.39, 0.29) is 0 Å². The van der Waals surface area contributed by atoms with Crippen LogP contribution in [-0.2, 0) is 11.3 Å². The second-order valence-corrected chi connectivity index (χ2v) is 4.30. The van der Waals surface area contributed by atoms with E-state index in [1.807, 2.05) is 24.3 Å². The Morgan fingerprint density at radius 1 is 1.17 bits per heavy atom. The molecule has 2 aromatic carbocycles. The number of anilines is 1. The average Bonchev–Trinajstić information content (AvgIpc) is 2.35. The molecule has 0 atom stereocenters. The molecule has 0 fully saturated rings. The van der Waals surface area contributed by atoms with Crippen LogP contribution in [0.15, 0.2) is 42.5 Å². The molecule has 0 aliphatic rings. The highest BCUT2D eigenvalue weighted by Crippen LogP contribution is 2.30. The molecule has 4 heteroatoms. The first-order valence-corrected chi connectivity index (χ1v) is 5.87. The fourth-order valence-corrected chi connectivity index (χ4v) is 1.75. The minimum Gasteiger partial charge on any atom is -0.455 e. The lowest BCUT2D eigenvalue weighted by atomic mass is 10.2. The first kappa shape index (κ1) is 12.7. The zero-order chi connectivity index (χ0) is 13.0. The monoisotopic (exact) mass is 263 g/mol. The third-order valence-corrected chi connectivity index (χ3v) is 2.65. The van der Waals surface area contributed by atoms with Crippen molar-refractivity contribution in [1.82, 2.24) is 0 Å². The summed E-state index contributed by atoms with van der Waals surface area (Å²) in [5.74, 6) is 1.26. The smallest absolute Gasteiger partial charge is 0.151 e. The SMILES string of the molecule is COCc1cccc(Oc2cc(Cl)ccc2N)c1. The molecule has 0 unspecified atom stereocenters. The summed E-state index contributed by atoms with van der Waals surface area (Å²) in [6, 6.07) is 12.8. The van der Waals surface area contributed by atoms with Gasteiger partial charge in [0.15, 0.2) is 5.75 Å². The maximum Gasteiger partial charge on any atom is 0.151 e. The van der Waals surface area contributed by atoms with Crippen LogP contribution in [0.1, 0.15) is 5.56 Å². The predicted molar refractivity (Wildman–Crippen MR) is 73.1 cm³/mol. The van der Waals surface area contributed by atoms with Crippen LogP contribution >= 0.6 is 11.6 Å². The molecule has 2 rings (SSSR count). The van der Waals surface area contributed by atoms with E-state index < -0.39 is 0 Å². The summed E-state index contributed by atoms with van der Waals surface area (Å²) in [6.45, 7) is 0.544. The molecular formula is C14H14ClNO2. The molecule has 0 bridgehead atoms. The highest BCUT2D eigenvalue weighted by molar-refractivity contribution is 6.30. The van der Waals surface area contributed by atoms with Crippen molar-refractivity contribution >= 4 is 17.3 Å². The minimum atomic E-state index is 0.544. The number of hydrogen-bond acceptors (Lipinski definition) is 3. The number of halogens is 1. The van der Waals surface area contributed by atoms with Gasteiger partial charge in [-0.15, -0.1) is 0 Å². The summed E-state index contributed by atoms with van der Waals surface area (Å²) in [4.78, 5) is 0. The van der Waals surface area contributed by atoms with Gasteiger partial charge in [0.1, 0.15) is 5.75 Å². The summed E-state index contributed by atoms with van der Waals surface area (Å²) >= 11 is 5.91. The van der Waals surface area contributed by atoms with Crippen molar-refractivity contribution in [2.45, 2.75) is 6.61 Å². The van der Waals surface area contributed by atoms with Crippen molar-refractivity contribution in [3.05, 3.63) is 53.1 Å². The Labute approximate surface area is 111 Å². The number of methoxy groups -OCH3 is 1. The lowest BCUT2D eigenvalue weighted by molar-refractivity contribution is 0.184. The number of hydrogen-bond donors (Lipinski definition) is 1. The van der Waals surface area contributed by atoms with E-state index in [4.69, 9.17) is 26.8 Å². The van der Waals surface area contributed by atoms with Gasteiger partial charge in [-0.1, -0.05) is 23.7 Å². The van der Waals surface area contributed by atoms with Crippen LogP contribution in [0.5, 0.6) is 11.5 Å². The van der Waals surface area contributed by atoms with Crippen molar-refractivity contribution < 1.29 is 9.47 Å². The fourth-order valence-electron chi connectivity index (χ4n) is 1.59. The van der Waals surface area contributed by atoms with Crippen LogP contribution in [-0.4, -0.2) is 7.11 Å². The van der Waals surface area contributed by atoms with Gasteiger partial charge in [0, 0.05) is 18.2 Å². The lowest BCUT2D eigenvalue weighted by Gasteiger charge is -2.10. The van der Waals surface area contributed by atoms with Crippen LogP contribution in [0.3, 0.4) is 0 Å². The molecule has 18 heavy (non-hydrogen) atoms.